The van der Waals surface area contributed by atoms with Gasteiger partial charge in [0, 0.05) is 6.07 Å². The number of methoxy groups -OCH3 is 2. The molecule has 0 bridgehead atoms. The van der Waals surface area contributed by atoms with Crippen molar-refractivity contribution >= 4 is 35.5 Å². The van der Waals surface area contributed by atoms with Gasteiger partial charge in [-0.2, -0.15) is 5.10 Å². The van der Waals surface area contributed by atoms with Crippen LogP contribution in [0.25, 0.3) is 0 Å². The number of nitrogens with one attached hydrogen (secondary N) is 2. The average molecular weight is 445 g/mol. The van der Waals surface area contributed by atoms with Crippen LogP contribution in [0.5, 0.6) is 11.5 Å². The van der Waals surface area contributed by atoms with Crippen molar-refractivity contribution in [3.8, 4) is 11.5 Å². The molecule has 0 spiro atoms. The van der Waals surface area contributed by atoms with E-state index in [2.05, 4.69) is 26.0 Å². The molecule has 1 aromatic heterocycles. The Kier molecular flexibility index (Phi) is 7.27. The van der Waals surface area contributed by atoms with E-state index in [-0.39, 0.29) is 23.4 Å². The largest absolute Gasteiger partial charge is 0.497 e. The van der Waals surface area contributed by atoms with Gasteiger partial charge in [0.15, 0.2) is 0 Å². The second kappa shape index (κ2) is 10.3. The number of benzene rings is 2. The highest BCUT2D eigenvalue weighted by Gasteiger charge is 2.13. The first-order valence-electron chi connectivity index (χ1n) is 8.90. The van der Waals surface area contributed by atoms with Gasteiger partial charge < -0.3 is 20.6 Å². The van der Waals surface area contributed by atoms with E-state index in [1.165, 1.54) is 30.1 Å². The molecule has 0 aliphatic carbocycles. The summed E-state index contributed by atoms with van der Waals surface area (Å²) >= 11 is 1.10. The van der Waals surface area contributed by atoms with Crippen molar-refractivity contribution < 1.29 is 18.7 Å². The summed E-state index contributed by atoms with van der Waals surface area (Å²) < 4.78 is 24.5. The fourth-order valence-electron chi connectivity index (χ4n) is 2.38. The number of nitrogens with two attached hydrogens (primary N) is 1. The van der Waals surface area contributed by atoms with Crippen molar-refractivity contribution in [3.05, 3.63) is 53.8 Å². The molecule has 3 aromatic rings. The number of anilines is 2. The Hall–Kier alpha value is -3.80. The quantitative estimate of drug-likeness (QED) is 0.198. The van der Waals surface area contributed by atoms with E-state index < -0.39 is 0 Å². The number of thioether (sulfide) groups is 1. The summed E-state index contributed by atoms with van der Waals surface area (Å²) in [6, 6.07) is 10.9. The molecule has 1 heterocycles. The Balaban J connectivity index is 1.54. The first-order chi connectivity index (χ1) is 15.0. The van der Waals surface area contributed by atoms with Crippen molar-refractivity contribution in [3.63, 3.8) is 0 Å². The van der Waals surface area contributed by atoms with E-state index in [9.17, 15) is 9.18 Å². The number of nitrogens with zero attached hydrogens (tertiary/aromatic N) is 4. The number of hydrogen-bond donors (Lipinski definition) is 3. The van der Waals surface area contributed by atoms with Crippen LogP contribution >= 0.6 is 11.8 Å². The van der Waals surface area contributed by atoms with Crippen LogP contribution < -0.4 is 26.1 Å². The number of ether oxygens (including phenoxy) is 2. The van der Waals surface area contributed by atoms with Crippen LogP contribution in [0.3, 0.4) is 0 Å². The van der Waals surface area contributed by atoms with Crippen LogP contribution in [-0.2, 0) is 4.79 Å². The van der Waals surface area contributed by atoms with Gasteiger partial charge in [0.05, 0.1) is 31.9 Å². The summed E-state index contributed by atoms with van der Waals surface area (Å²) in [5, 5.41) is 14.9. The van der Waals surface area contributed by atoms with Gasteiger partial charge in [0.2, 0.25) is 11.1 Å². The maximum Gasteiger partial charge on any atom is 0.264 e. The summed E-state index contributed by atoms with van der Waals surface area (Å²) in [6.07, 6.45) is 1.48. The zero-order valence-electron chi connectivity index (χ0n) is 16.7. The van der Waals surface area contributed by atoms with Crippen molar-refractivity contribution in [1.29, 1.82) is 0 Å². The third-order valence-corrected chi connectivity index (χ3v) is 4.87. The van der Waals surface area contributed by atoms with Gasteiger partial charge in [-0.05, 0) is 29.8 Å². The van der Waals surface area contributed by atoms with Gasteiger partial charge in [0.25, 0.3) is 5.95 Å². The van der Waals surface area contributed by atoms with Crippen molar-refractivity contribution in [1.82, 2.24) is 14.9 Å². The molecule has 1 amide bonds. The van der Waals surface area contributed by atoms with Crippen LogP contribution in [0.2, 0.25) is 0 Å². The Labute approximate surface area is 181 Å². The minimum Gasteiger partial charge on any atom is -0.497 e. The van der Waals surface area contributed by atoms with E-state index in [1.807, 2.05) is 0 Å². The summed E-state index contributed by atoms with van der Waals surface area (Å²) in [4.78, 5) is 12.3. The fourth-order valence-corrected chi connectivity index (χ4v) is 3.04. The summed E-state index contributed by atoms with van der Waals surface area (Å²) in [6.45, 7) is 0. The highest BCUT2D eigenvalue weighted by Crippen LogP contribution is 2.29. The lowest BCUT2D eigenvalue weighted by molar-refractivity contribution is -0.113. The number of amides is 1. The van der Waals surface area contributed by atoms with Gasteiger partial charge in [-0.1, -0.05) is 23.9 Å². The smallest absolute Gasteiger partial charge is 0.264 e. The number of carbonyl (C=O) groups is 1. The molecule has 10 nitrogen and oxygen atoms in total. The summed E-state index contributed by atoms with van der Waals surface area (Å²) in [5.74, 6) is 6.64. The van der Waals surface area contributed by atoms with Crippen LogP contribution in [0, 0.1) is 5.82 Å². The minimum atomic E-state index is -0.331. The van der Waals surface area contributed by atoms with Gasteiger partial charge in [-0.3, -0.25) is 4.79 Å². The number of carbonyl (C=O) groups excluding carboxylic acids is 1. The molecular weight excluding hydrogens is 425 g/mol. The average Bonchev–Trinajstić information content (AvgIpc) is 3.13. The maximum atomic E-state index is 12.9. The number of hydrazone groups is 1. The predicted molar refractivity (Wildman–Crippen MR) is 117 cm³/mol. The highest BCUT2D eigenvalue weighted by atomic mass is 32.2. The Morgan fingerprint density at radius 2 is 2.00 bits per heavy atom. The minimum absolute atomic E-state index is 0.0450. The standard InChI is InChI=1S/C19H20FN7O3S/c1-29-14-7-8-15(16(9-14)30-2)23-17(28)11-31-19-26-25-18(27(19)21)24-22-10-12-3-5-13(20)6-4-12/h3-10H,11,21H2,1-2H3,(H,23,28)(H,24,25)/b22-10+. The van der Waals surface area contributed by atoms with Crippen molar-refractivity contribution in [2.75, 3.05) is 36.6 Å². The van der Waals surface area contributed by atoms with Gasteiger partial charge >= 0.3 is 0 Å². The van der Waals surface area contributed by atoms with Gasteiger partial charge in [-0.15, -0.1) is 10.2 Å². The van der Waals surface area contributed by atoms with Gasteiger partial charge in [-0.25, -0.2) is 14.5 Å². The molecule has 0 radical (unpaired) electrons. The number of aromatic nitrogens is 3. The van der Waals surface area contributed by atoms with Crippen LogP contribution in [-0.4, -0.2) is 47.0 Å². The molecule has 4 N–H and O–H groups in total. The predicted octanol–water partition coefficient (Wildman–Crippen LogP) is 2.33. The third-order valence-electron chi connectivity index (χ3n) is 3.93. The molecule has 2 aromatic carbocycles. The third kappa shape index (κ3) is 5.85. The van der Waals surface area contributed by atoms with E-state index in [4.69, 9.17) is 15.3 Å². The molecular formula is C19H20FN7O3S. The molecule has 31 heavy (non-hydrogen) atoms. The molecule has 0 unspecified atom stereocenters. The van der Waals surface area contributed by atoms with Crippen molar-refractivity contribution in [2.24, 2.45) is 5.10 Å². The van der Waals surface area contributed by atoms with E-state index in [0.717, 1.165) is 11.8 Å². The van der Waals surface area contributed by atoms with Crippen LogP contribution in [0.1, 0.15) is 5.56 Å². The Morgan fingerprint density at radius 3 is 2.71 bits per heavy atom. The zero-order chi connectivity index (χ0) is 22.2. The normalized spacial score (nSPS) is 10.8. The van der Waals surface area contributed by atoms with Crippen LogP contribution in [0.4, 0.5) is 16.0 Å². The molecule has 3 rings (SSSR count). The molecule has 0 aliphatic rings. The molecule has 0 saturated heterocycles. The van der Waals surface area contributed by atoms with Crippen LogP contribution in [0.15, 0.2) is 52.7 Å². The SMILES string of the molecule is COc1ccc(NC(=O)CSc2nnc(N/N=C/c3ccc(F)cc3)n2N)c(OC)c1. The van der Waals surface area contributed by atoms with E-state index >= 15 is 0 Å². The molecule has 0 atom stereocenters. The summed E-state index contributed by atoms with van der Waals surface area (Å²) in [5.41, 5.74) is 3.85. The second-order valence-electron chi connectivity index (χ2n) is 6.00. The first-order valence-corrected chi connectivity index (χ1v) is 9.88. The zero-order valence-corrected chi connectivity index (χ0v) is 17.5. The van der Waals surface area contributed by atoms with E-state index in [1.54, 1.807) is 37.4 Å². The molecule has 0 saturated carbocycles. The Morgan fingerprint density at radius 1 is 1.23 bits per heavy atom. The van der Waals surface area contributed by atoms with Crippen molar-refractivity contribution in [2.45, 2.75) is 5.16 Å². The lowest BCUT2D eigenvalue weighted by Gasteiger charge is -2.11. The fraction of sp³-hybridized carbons (Fsp3) is 0.158. The number of nitrogen functional groups attached to an aromatic ring is 1. The summed E-state index contributed by atoms with van der Waals surface area (Å²) in [7, 11) is 3.05. The lowest BCUT2D eigenvalue weighted by Crippen LogP contribution is -2.17. The molecule has 12 heteroatoms. The Bertz CT molecular complexity index is 1070. The van der Waals surface area contributed by atoms with E-state index in [0.29, 0.717) is 27.9 Å². The highest BCUT2D eigenvalue weighted by molar-refractivity contribution is 7.99. The number of halogens is 1. The lowest BCUT2D eigenvalue weighted by atomic mass is 10.2. The number of rotatable bonds is 9. The first kappa shape index (κ1) is 21.9. The topological polar surface area (TPSA) is 129 Å². The maximum absolute atomic E-state index is 12.9. The van der Waals surface area contributed by atoms with Gasteiger partial charge in [0.1, 0.15) is 17.3 Å². The monoisotopic (exact) mass is 445 g/mol. The second-order valence-corrected chi connectivity index (χ2v) is 6.94. The molecule has 0 aliphatic heterocycles. The molecule has 162 valence electrons. The number of hydrogen-bond acceptors (Lipinski definition) is 9. The molecule has 0 fully saturated rings.